The molecular weight excluding hydrogens is 449 g/mol. The number of fused-ring (bicyclic) bond motifs is 2. The van der Waals surface area contributed by atoms with Gasteiger partial charge in [0.1, 0.15) is 0 Å². The summed E-state index contributed by atoms with van der Waals surface area (Å²) in [6.07, 6.45) is 2.84. The maximum atomic E-state index is 13.3. The second kappa shape index (κ2) is 7.42. The summed E-state index contributed by atoms with van der Waals surface area (Å²) >= 11 is -2.27. The summed E-state index contributed by atoms with van der Waals surface area (Å²) < 4.78 is 43.5. The molecule has 2 saturated carbocycles. The summed E-state index contributed by atoms with van der Waals surface area (Å²) in [6, 6.07) is 16.5. The topological polar surface area (TPSA) is 63.2 Å². The quantitative estimate of drug-likeness (QED) is 0.643. The molecule has 4 rings (SSSR count). The van der Waals surface area contributed by atoms with Crippen LogP contribution in [0.1, 0.15) is 38.7 Å². The van der Waals surface area contributed by atoms with Gasteiger partial charge in [-0.05, 0) is 0 Å². The molecule has 0 aromatic heterocycles. The van der Waals surface area contributed by atoms with Crippen LogP contribution in [0.2, 0.25) is 5.32 Å². The molecule has 0 amide bonds. The number of hydrogen-bond donors (Lipinski definition) is 1. The van der Waals surface area contributed by atoms with E-state index in [-0.39, 0.29) is 16.9 Å². The van der Waals surface area contributed by atoms with Crippen molar-refractivity contribution in [2.75, 3.05) is 0 Å². The molecule has 2 aromatic rings. The molecule has 2 aliphatic carbocycles. The van der Waals surface area contributed by atoms with Crippen molar-refractivity contribution in [3.63, 3.8) is 0 Å². The van der Waals surface area contributed by atoms with Crippen LogP contribution < -0.4 is 9.18 Å². The first-order valence-electron chi connectivity index (χ1n) is 10.2. The minimum absolute atomic E-state index is 0.0333. The molecule has 0 aliphatic heterocycles. The molecule has 29 heavy (non-hydrogen) atoms. The van der Waals surface area contributed by atoms with Gasteiger partial charge in [-0.25, -0.2) is 0 Å². The van der Waals surface area contributed by atoms with Crippen molar-refractivity contribution in [2.45, 2.75) is 56.3 Å². The molecule has 156 valence electrons. The van der Waals surface area contributed by atoms with Gasteiger partial charge in [0.15, 0.2) is 0 Å². The first-order valence-corrected chi connectivity index (χ1v) is 14.4. The second-order valence-corrected chi connectivity index (χ2v) is 13.9. The van der Waals surface area contributed by atoms with E-state index in [9.17, 15) is 12.3 Å². The van der Waals surface area contributed by atoms with Crippen LogP contribution in [-0.2, 0) is 13.9 Å². The fourth-order valence-electron chi connectivity index (χ4n) is 5.45. The normalized spacial score (nSPS) is 29.1. The number of benzene rings is 2. The van der Waals surface area contributed by atoms with Gasteiger partial charge in [0, 0.05) is 0 Å². The number of hydrogen-bond acceptors (Lipinski definition) is 3. The van der Waals surface area contributed by atoms with Gasteiger partial charge in [-0.3, -0.25) is 0 Å². The Labute approximate surface area is 178 Å². The minimum atomic E-state index is -3.61. The van der Waals surface area contributed by atoms with Gasteiger partial charge in [0.05, 0.1) is 0 Å². The van der Waals surface area contributed by atoms with Crippen molar-refractivity contribution < 1.29 is 12.3 Å². The third-order valence-electron chi connectivity index (χ3n) is 7.45. The summed E-state index contributed by atoms with van der Waals surface area (Å²) in [5.74, 6) is 0.461. The molecular formula is C23H29NO3SSe. The van der Waals surface area contributed by atoms with E-state index >= 15 is 0 Å². The second-order valence-electron chi connectivity index (χ2n) is 9.14. The monoisotopic (exact) mass is 479 g/mol. The molecule has 4 atom stereocenters. The van der Waals surface area contributed by atoms with Gasteiger partial charge >= 0.3 is 178 Å². The van der Waals surface area contributed by atoms with Crippen LogP contribution in [0.5, 0.6) is 0 Å². The average Bonchev–Trinajstić information content (AvgIpc) is 3.04. The van der Waals surface area contributed by atoms with Crippen LogP contribution in [0.25, 0.3) is 0 Å². The summed E-state index contributed by atoms with van der Waals surface area (Å²) in [5, 5.41) is 0.585. The van der Waals surface area contributed by atoms with Gasteiger partial charge in [0.2, 0.25) is 0 Å². The Morgan fingerprint density at radius 1 is 1.07 bits per heavy atom. The zero-order chi connectivity index (χ0) is 20.9. The fourth-order valence-corrected chi connectivity index (χ4v) is 10.6. The molecule has 0 saturated heterocycles. The molecule has 4 nitrogen and oxygen atoms in total. The van der Waals surface area contributed by atoms with Crippen molar-refractivity contribution in [1.82, 2.24) is 4.72 Å². The summed E-state index contributed by atoms with van der Waals surface area (Å²) in [5.41, 5.74) is 0.732. The number of nitrogens with one attached hydrogen (secondary N) is 1. The van der Waals surface area contributed by atoms with Crippen molar-refractivity contribution in [2.24, 2.45) is 16.7 Å². The van der Waals surface area contributed by atoms with E-state index in [0.717, 1.165) is 29.3 Å². The van der Waals surface area contributed by atoms with E-state index in [4.69, 9.17) is 0 Å². The van der Waals surface area contributed by atoms with Gasteiger partial charge < -0.3 is 0 Å². The Hall–Kier alpha value is -1.33. The van der Waals surface area contributed by atoms with E-state index in [1.54, 1.807) is 12.1 Å². The molecule has 0 radical (unpaired) electrons. The first kappa shape index (κ1) is 20.9. The molecule has 2 fully saturated rings. The van der Waals surface area contributed by atoms with Crippen molar-refractivity contribution in [1.29, 1.82) is 0 Å². The Morgan fingerprint density at radius 2 is 1.72 bits per heavy atom. The van der Waals surface area contributed by atoms with Crippen LogP contribution in [-0.4, -0.2) is 28.3 Å². The van der Waals surface area contributed by atoms with Gasteiger partial charge in [0.25, 0.3) is 0 Å². The van der Waals surface area contributed by atoms with Crippen LogP contribution in [0, 0.1) is 23.7 Å². The van der Waals surface area contributed by atoms with Crippen LogP contribution >= 0.6 is 0 Å². The van der Waals surface area contributed by atoms with E-state index in [1.165, 1.54) is 0 Å². The molecule has 2 aromatic carbocycles. The Kier molecular flexibility index (Phi) is 5.35. The van der Waals surface area contributed by atoms with Crippen molar-refractivity contribution >= 4 is 28.3 Å². The van der Waals surface area contributed by atoms with Crippen LogP contribution in [0.3, 0.4) is 0 Å². The standard InChI is InChI=1S/C23H29NO3SSe/c1-17-9-11-19(12-10-17)28(25,26)24-21-15-18-13-14-23(21,22(18,2)3)16-29(27)20-7-5-4-6-8-20/h4-12,18,21,24H,13-16H2,1-3H3/t18-,21-,23-,29?/m1/s1. The Morgan fingerprint density at radius 3 is 2.34 bits per heavy atom. The van der Waals surface area contributed by atoms with Gasteiger partial charge in [-0.2, -0.15) is 0 Å². The van der Waals surface area contributed by atoms with E-state index in [0.29, 0.717) is 16.1 Å². The molecule has 1 unspecified atom stereocenters. The van der Waals surface area contributed by atoms with Crippen LogP contribution in [0.4, 0.5) is 0 Å². The molecule has 0 spiro atoms. The van der Waals surface area contributed by atoms with E-state index in [1.807, 2.05) is 49.4 Å². The number of aryl methyl sites for hydroxylation is 1. The SMILES string of the molecule is Cc1ccc(S(=O)(=O)N[C@@H]2C[C@H]3CC[C@]2(C[Se](=O)c2ccccc2)C3(C)C)cc1. The first-order chi connectivity index (χ1) is 13.7. The predicted octanol–water partition coefficient (Wildman–Crippen LogP) is 3.80. The zero-order valence-corrected chi connectivity index (χ0v) is 19.8. The predicted molar refractivity (Wildman–Crippen MR) is 116 cm³/mol. The van der Waals surface area contributed by atoms with E-state index in [2.05, 4.69) is 18.6 Å². The third kappa shape index (κ3) is 3.54. The molecule has 2 aliphatic rings. The Bertz CT molecular complexity index is 1020. The van der Waals surface area contributed by atoms with Crippen molar-refractivity contribution in [3.05, 3.63) is 60.2 Å². The fraction of sp³-hybridized carbons (Fsp3) is 0.478. The zero-order valence-electron chi connectivity index (χ0n) is 17.2. The maximum absolute atomic E-state index is 13.3. The van der Waals surface area contributed by atoms with Crippen molar-refractivity contribution in [3.8, 4) is 0 Å². The molecule has 6 heteroatoms. The molecule has 2 bridgehead atoms. The van der Waals surface area contributed by atoms with Gasteiger partial charge in [-0.15, -0.1) is 0 Å². The Balaban J connectivity index is 1.64. The van der Waals surface area contributed by atoms with Crippen LogP contribution in [0.15, 0.2) is 59.5 Å². The summed E-state index contributed by atoms with van der Waals surface area (Å²) in [7, 11) is -3.61. The summed E-state index contributed by atoms with van der Waals surface area (Å²) in [6.45, 7) is 6.43. The third-order valence-corrected chi connectivity index (χ3v) is 12.2. The molecule has 1 N–H and O–H groups in total. The summed E-state index contributed by atoms with van der Waals surface area (Å²) in [4.78, 5) is 0.302. The van der Waals surface area contributed by atoms with Gasteiger partial charge in [-0.1, -0.05) is 0 Å². The molecule has 0 heterocycles. The number of sulfonamides is 1. The average molecular weight is 479 g/mol. The number of rotatable bonds is 6. The van der Waals surface area contributed by atoms with E-state index < -0.39 is 23.9 Å².